The summed E-state index contributed by atoms with van der Waals surface area (Å²) >= 11 is 0. The van der Waals surface area contributed by atoms with Gasteiger partial charge in [-0.3, -0.25) is 0 Å². The minimum Gasteiger partial charge on any atom is -0.480 e. The summed E-state index contributed by atoms with van der Waals surface area (Å²) in [5.74, 6) is -1.65. The van der Waals surface area contributed by atoms with Gasteiger partial charge < -0.3 is 15.7 Å². The van der Waals surface area contributed by atoms with E-state index in [-0.39, 0.29) is 5.69 Å². The van der Waals surface area contributed by atoms with E-state index < -0.39 is 23.4 Å². The molecule has 0 saturated heterocycles. The Labute approximate surface area is 97.6 Å². The molecule has 0 saturated carbocycles. The molecule has 0 radical (unpaired) electrons. The Morgan fingerprint density at radius 2 is 2.00 bits per heavy atom. The molecule has 0 aliphatic rings. The summed E-state index contributed by atoms with van der Waals surface area (Å²) in [4.78, 5) is 22.2. The second-order valence-corrected chi connectivity index (χ2v) is 4.02. The lowest BCUT2D eigenvalue weighted by Crippen LogP contribution is -2.51. The quantitative estimate of drug-likeness (QED) is 0.753. The Hall–Kier alpha value is -2.11. The van der Waals surface area contributed by atoms with E-state index in [1.807, 2.05) is 0 Å². The van der Waals surface area contributed by atoms with E-state index in [0.717, 1.165) is 6.07 Å². The molecule has 92 valence electrons. The third kappa shape index (κ3) is 3.75. The normalized spacial score (nSPS) is 10.8. The second kappa shape index (κ2) is 4.82. The van der Waals surface area contributed by atoms with E-state index in [4.69, 9.17) is 5.11 Å². The Bertz CT molecular complexity index is 446. The first-order valence-corrected chi connectivity index (χ1v) is 4.89. The van der Waals surface area contributed by atoms with Gasteiger partial charge in [-0.1, -0.05) is 6.07 Å². The average molecular weight is 240 g/mol. The number of benzene rings is 1. The van der Waals surface area contributed by atoms with Crippen molar-refractivity contribution >= 4 is 17.7 Å². The summed E-state index contributed by atoms with van der Waals surface area (Å²) in [6.45, 7) is 2.70. The number of carboxylic acids is 1. The Morgan fingerprint density at radius 3 is 2.53 bits per heavy atom. The second-order valence-electron chi connectivity index (χ2n) is 4.02. The molecule has 1 aromatic rings. The lowest BCUT2D eigenvalue weighted by Gasteiger charge is -2.21. The van der Waals surface area contributed by atoms with Crippen LogP contribution in [-0.2, 0) is 4.79 Å². The molecule has 3 N–H and O–H groups in total. The van der Waals surface area contributed by atoms with Crippen molar-refractivity contribution in [3.05, 3.63) is 30.1 Å². The lowest BCUT2D eigenvalue weighted by molar-refractivity contribution is -0.142. The molecule has 0 aromatic heterocycles. The van der Waals surface area contributed by atoms with Crippen molar-refractivity contribution < 1.29 is 19.1 Å². The number of carbonyl (C=O) groups excluding carboxylic acids is 1. The monoisotopic (exact) mass is 240 g/mol. The van der Waals surface area contributed by atoms with Crippen LogP contribution >= 0.6 is 0 Å². The number of aliphatic carboxylic acids is 1. The molecule has 5 nitrogen and oxygen atoms in total. The number of carboxylic acid groups (broad SMARTS) is 1. The van der Waals surface area contributed by atoms with Gasteiger partial charge >= 0.3 is 12.0 Å². The highest BCUT2D eigenvalue weighted by atomic mass is 19.1. The smallest absolute Gasteiger partial charge is 0.328 e. The number of amides is 2. The third-order valence-corrected chi connectivity index (χ3v) is 2.04. The lowest BCUT2D eigenvalue weighted by atomic mass is 10.1. The molecule has 1 aromatic carbocycles. The van der Waals surface area contributed by atoms with Gasteiger partial charge in [-0.2, -0.15) is 0 Å². The zero-order chi connectivity index (χ0) is 13.1. The molecule has 0 fully saturated rings. The minimum atomic E-state index is -1.39. The molecule has 2 amide bonds. The van der Waals surface area contributed by atoms with E-state index >= 15 is 0 Å². The summed E-state index contributed by atoms with van der Waals surface area (Å²) in [5, 5.41) is 13.4. The van der Waals surface area contributed by atoms with Crippen molar-refractivity contribution in [2.75, 3.05) is 5.32 Å². The van der Waals surface area contributed by atoms with Crippen molar-refractivity contribution in [1.29, 1.82) is 0 Å². The topological polar surface area (TPSA) is 78.4 Å². The van der Waals surface area contributed by atoms with Crippen LogP contribution in [0.15, 0.2) is 24.3 Å². The highest BCUT2D eigenvalue weighted by Gasteiger charge is 2.28. The molecule has 6 heteroatoms. The predicted octanol–water partition coefficient (Wildman–Crippen LogP) is 1.81. The molecule has 17 heavy (non-hydrogen) atoms. The summed E-state index contributed by atoms with van der Waals surface area (Å²) in [6.07, 6.45) is 0. The SMILES string of the molecule is CC(C)(NC(=O)Nc1cccc(F)c1)C(=O)O. The zero-order valence-electron chi connectivity index (χ0n) is 9.45. The van der Waals surface area contributed by atoms with Crippen LogP contribution in [0.2, 0.25) is 0 Å². The first-order valence-electron chi connectivity index (χ1n) is 4.89. The fourth-order valence-corrected chi connectivity index (χ4v) is 1.07. The fourth-order valence-electron chi connectivity index (χ4n) is 1.07. The average Bonchev–Trinajstić information content (AvgIpc) is 2.15. The number of nitrogens with one attached hydrogen (secondary N) is 2. The van der Waals surface area contributed by atoms with Gasteiger partial charge in [0, 0.05) is 5.69 Å². The van der Waals surface area contributed by atoms with Gasteiger partial charge in [-0.05, 0) is 32.0 Å². The van der Waals surface area contributed by atoms with Crippen molar-refractivity contribution in [2.45, 2.75) is 19.4 Å². The first kappa shape index (κ1) is 13.0. The van der Waals surface area contributed by atoms with Crippen LogP contribution < -0.4 is 10.6 Å². The minimum absolute atomic E-state index is 0.253. The standard InChI is InChI=1S/C11H13FN2O3/c1-11(2,9(15)16)14-10(17)13-8-5-3-4-7(12)6-8/h3-6H,1-2H3,(H,15,16)(H2,13,14,17). The summed E-state index contributed by atoms with van der Waals surface area (Å²) < 4.78 is 12.8. The predicted molar refractivity (Wildman–Crippen MR) is 60.3 cm³/mol. The van der Waals surface area contributed by atoms with Gasteiger partial charge in [0.05, 0.1) is 0 Å². The number of urea groups is 1. The van der Waals surface area contributed by atoms with Crippen molar-refractivity contribution in [1.82, 2.24) is 5.32 Å². The van der Waals surface area contributed by atoms with E-state index in [1.54, 1.807) is 0 Å². The number of hydrogen-bond donors (Lipinski definition) is 3. The zero-order valence-corrected chi connectivity index (χ0v) is 9.45. The highest BCUT2D eigenvalue weighted by Crippen LogP contribution is 2.09. The number of anilines is 1. The van der Waals surface area contributed by atoms with E-state index in [0.29, 0.717) is 0 Å². The molecule has 0 spiro atoms. The fraction of sp³-hybridized carbons (Fsp3) is 0.273. The van der Waals surface area contributed by atoms with Gasteiger partial charge in [0.25, 0.3) is 0 Å². The van der Waals surface area contributed by atoms with E-state index in [1.165, 1.54) is 32.0 Å². The summed E-state index contributed by atoms with van der Waals surface area (Å²) in [6, 6.07) is 4.60. The maximum Gasteiger partial charge on any atom is 0.328 e. The maximum absolute atomic E-state index is 12.8. The Kier molecular flexibility index (Phi) is 3.67. The van der Waals surface area contributed by atoms with Gasteiger partial charge in [-0.25, -0.2) is 14.0 Å². The number of halogens is 1. The van der Waals surface area contributed by atoms with Crippen LogP contribution in [0, 0.1) is 5.82 Å². The van der Waals surface area contributed by atoms with Gasteiger partial charge in [0.1, 0.15) is 11.4 Å². The van der Waals surface area contributed by atoms with Crippen molar-refractivity contribution in [3.63, 3.8) is 0 Å². The highest BCUT2D eigenvalue weighted by molar-refractivity contribution is 5.93. The summed E-state index contributed by atoms with van der Waals surface area (Å²) in [7, 11) is 0. The van der Waals surface area contributed by atoms with E-state index in [2.05, 4.69) is 10.6 Å². The van der Waals surface area contributed by atoms with Crippen LogP contribution in [-0.4, -0.2) is 22.6 Å². The van der Waals surface area contributed by atoms with Crippen LogP contribution in [0.1, 0.15) is 13.8 Å². The van der Waals surface area contributed by atoms with Gasteiger partial charge in [-0.15, -0.1) is 0 Å². The third-order valence-electron chi connectivity index (χ3n) is 2.04. The molecular formula is C11H13FN2O3. The van der Waals surface area contributed by atoms with Crippen LogP contribution in [0.4, 0.5) is 14.9 Å². The van der Waals surface area contributed by atoms with Crippen LogP contribution in [0.5, 0.6) is 0 Å². The molecule has 0 heterocycles. The molecule has 1 rings (SSSR count). The molecule has 0 bridgehead atoms. The molecule has 0 aliphatic heterocycles. The van der Waals surface area contributed by atoms with Gasteiger partial charge in [0.2, 0.25) is 0 Å². The van der Waals surface area contributed by atoms with Crippen LogP contribution in [0.25, 0.3) is 0 Å². The number of carbonyl (C=O) groups is 2. The van der Waals surface area contributed by atoms with E-state index in [9.17, 15) is 14.0 Å². The largest absolute Gasteiger partial charge is 0.480 e. The van der Waals surface area contributed by atoms with Crippen molar-refractivity contribution in [2.24, 2.45) is 0 Å². The Balaban J connectivity index is 2.65. The van der Waals surface area contributed by atoms with Crippen molar-refractivity contribution in [3.8, 4) is 0 Å². The summed E-state index contributed by atoms with van der Waals surface area (Å²) in [5.41, 5.74) is -1.14. The van der Waals surface area contributed by atoms with Crippen LogP contribution in [0.3, 0.4) is 0 Å². The number of rotatable bonds is 3. The van der Waals surface area contributed by atoms with Gasteiger partial charge in [0.15, 0.2) is 0 Å². The molecular weight excluding hydrogens is 227 g/mol. The maximum atomic E-state index is 12.8. The molecule has 0 atom stereocenters. The first-order chi connectivity index (χ1) is 7.81. The number of hydrogen-bond acceptors (Lipinski definition) is 2. The molecule has 0 aliphatic carbocycles. The molecule has 0 unspecified atom stereocenters. The Morgan fingerprint density at radius 1 is 1.35 bits per heavy atom.